The fourth-order valence-corrected chi connectivity index (χ4v) is 2.55. The summed E-state index contributed by atoms with van der Waals surface area (Å²) in [5, 5.41) is 3.08. The first-order chi connectivity index (χ1) is 9.08. The first-order valence-corrected chi connectivity index (χ1v) is 7.32. The highest BCUT2D eigenvalue weighted by molar-refractivity contribution is 5.38. The van der Waals surface area contributed by atoms with Crippen molar-refractivity contribution in [2.24, 2.45) is 5.92 Å². The second-order valence-electron chi connectivity index (χ2n) is 5.87. The zero-order valence-corrected chi connectivity index (χ0v) is 12.4. The van der Waals surface area contributed by atoms with Crippen LogP contribution >= 0.6 is 0 Å². The second kappa shape index (κ2) is 6.22. The fourth-order valence-electron chi connectivity index (χ4n) is 2.55. The molecule has 19 heavy (non-hydrogen) atoms. The average molecular weight is 263 g/mol. The number of aromatic nitrogens is 2. The van der Waals surface area contributed by atoms with E-state index in [4.69, 9.17) is 4.74 Å². The average Bonchev–Trinajstić information content (AvgIpc) is 2.38. The van der Waals surface area contributed by atoms with Crippen molar-refractivity contribution >= 4 is 5.82 Å². The van der Waals surface area contributed by atoms with Crippen LogP contribution in [0.4, 0.5) is 5.82 Å². The molecular weight excluding hydrogens is 238 g/mol. The summed E-state index contributed by atoms with van der Waals surface area (Å²) < 4.78 is 6.07. The lowest BCUT2D eigenvalue weighted by Gasteiger charge is -2.27. The van der Waals surface area contributed by atoms with Gasteiger partial charge in [-0.3, -0.25) is 0 Å². The summed E-state index contributed by atoms with van der Waals surface area (Å²) in [6, 6.07) is 1.89. The molecule has 0 saturated heterocycles. The molecule has 0 aliphatic heterocycles. The number of nitrogens with one attached hydrogen (secondary N) is 1. The van der Waals surface area contributed by atoms with Gasteiger partial charge >= 0.3 is 0 Å². The zero-order chi connectivity index (χ0) is 13.8. The summed E-state index contributed by atoms with van der Waals surface area (Å²) in [5.74, 6) is 3.44. The van der Waals surface area contributed by atoms with Crippen molar-refractivity contribution in [1.82, 2.24) is 9.97 Å². The van der Waals surface area contributed by atoms with E-state index in [2.05, 4.69) is 36.1 Å². The van der Waals surface area contributed by atoms with Crippen LogP contribution in [0.2, 0.25) is 0 Å². The maximum absolute atomic E-state index is 6.07. The van der Waals surface area contributed by atoms with Crippen molar-refractivity contribution in [1.29, 1.82) is 0 Å². The van der Waals surface area contributed by atoms with Gasteiger partial charge in [0, 0.05) is 19.0 Å². The third-order valence-electron chi connectivity index (χ3n) is 3.67. The zero-order valence-electron chi connectivity index (χ0n) is 12.4. The van der Waals surface area contributed by atoms with Crippen LogP contribution in [-0.4, -0.2) is 23.1 Å². The van der Waals surface area contributed by atoms with Gasteiger partial charge in [-0.15, -0.1) is 0 Å². The van der Waals surface area contributed by atoms with Crippen LogP contribution in [0.5, 0.6) is 5.88 Å². The highest BCUT2D eigenvalue weighted by atomic mass is 16.5. The number of anilines is 1. The van der Waals surface area contributed by atoms with Gasteiger partial charge in [-0.25, -0.2) is 4.98 Å². The summed E-state index contributed by atoms with van der Waals surface area (Å²) in [6.07, 6.45) is 5.16. The van der Waals surface area contributed by atoms with Crippen LogP contribution in [0.3, 0.4) is 0 Å². The molecule has 0 aromatic carbocycles. The predicted molar refractivity (Wildman–Crippen MR) is 77.7 cm³/mol. The molecule has 106 valence electrons. The third kappa shape index (κ3) is 3.82. The quantitative estimate of drug-likeness (QED) is 0.901. The molecule has 0 spiro atoms. The van der Waals surface area contributed by atoms with Gasteiger partial charge in [0.25, 0.3) is 0 Å². The van der Waals surface area contributed by atoms with Gasteiger partial charge < -0.3 is 10.1 Å². The van der Waals surface area contributed by atoms with Crippen LogP contribution in [0.1, 0.15) is 58.2 Å². The highest BCUT2D eigenvalue weighted by Gasteiger charge is 2.21. The lowest BCUT2D eigenvalue weighted by atomic mass is 9.89. The van der Waals surface area contributed by atoms with Crippen molar-refractivity contribution in [3.8, 4) is 5.88 Å². The minimum absolute atomic E-state index is 0.306. The Morgan fingerprint density at radius 1 is 1.32 bits per heavy atom. The molecule has 2 rings (SSSR count). The van der Waals surface area contributed by atoms with Crippen LogP contribution in [-0.2, 0) is 0 Å². The van der Waals surface area contributed by atoms with Crippen molar-refractivity contribution in [2.75, 3.05) is 12.4 Å². The molecule has 1 aliphatic carbocycles. The minimum Gasteiger partial charge on any atom is -0.474 e. The van der Waals surface area contributed by atoms with Crippen LogP contribution < -0.4 is 10.1 Å². The molecule has 1 heterocycles. The van der Waals surface area contributed by atoms with Gasteiger partial charge in [0.1, 0.15) is 17.7 Å². The first-order valence-electron chi connectivity index (χ1n) is 7.32. The number of rotatable bonds is 4. The Kier molecular flexibility index (Phi) is 4.61. The number of nitrogens with zero attached hydrogens (tertiary/aromatic N) is 2. The summed E-state index contributed by atoms with van der Waals surface area (Å²) in [7, 11) is 1.87. The minimum atomic E-state index is 0.306. The van der Waals surface area contributed by atoms with Crippen molar-refractivity contribution < 1.29 is 4.74 Å². The van der Waals surface area contributed by atoms with Crippen LogP contribution in [0.25, 0.3) is 0 Å². The molecule has 1 saturated carbocycles. The highest BCUT2D eigenvalue weighted by Crippen LogP contribution is 2.28. The Bertz CT molecular complexity index is 420. The Labute approximate surface area is 116 Å². The van der Waals surface area contributed by atoms with Crippen LogP contribution in [0.15, 0.2) is 6.07 Å². The first kappa shape index (κ1) is 14.1. The maximum atomic E-state index is 6.07. The van der Waals surface area contributed by atoms with E-state index < -0.39 is 0 Å². The number of hydrogen-bond donors (Lipinski definition) is 1. The number of hydrogen-bond acceptors (Lipinski definition) is 4. The number of ether oxygens (including phenoxy) is 1. The van der Waals surface area contributed by atoms with E-state index in [1.54, 1.807) is 0 Å². The Morgan fingerprint density at radius 3 is 2.74 bits per heavy atom. The molecule has 0 radical (unpaired) electrons. The molecule has 2 unspecified atom stereocenters. The molecule has 2 atom stereocenters. The monoisotopic (exact) mass is 263 g/mol. The molecule has 0 bridgehead atoms. The fraction of sp³-hybridized carbons (Fsp3) is 0.733. The van der Waals surface area contributed by atoms with E-state index in [0.29, 0.717) is 17.9 Å². The summed E-state index contributed by atoms with van der Waals surface area (Å²) in [5.41, 5.74) is 0. The second-order valence-corrected chi connectivity index (χ2v) is 5.87. The molecule has 1 N–H and O–H groups in total. The smallest absolute Gasteiger partial charge is 0.219 e. The largest absolute Gasteiger partial charge is 0.474 e. The van der Waals surface area contributed by atoms with Gasteiger partial charge in [-0.2, -0.15) is 4.98 Å². The van der Waals surface area contributed by atoms with Gasteiger partial charge in [0.05, 0.1) is 0 Å². The van der Waals surface area contributed by atoms with E-state index in [9.17, 15) is 0 Å². The van der Waals surface area contributed by atoms with E-state index in [0.717, 1.165) is 30.4 Å². The summed E-state index contributed by atoms with van der Waals surface area (Å²) in [6.45, 7) is 6.50. The van der Waals surface area contributed by atoms with E-state index in [-0.39, 0.29) is 0 Å². The third-order valence-corrected chi connectivity index (χ3v) is 3.67. The summed E-state index contributed by atoms with van der Waals surface area (Å²) >= 11 is 0. The van der Waals surface area contributed by atoms with Crippen molar-refractivity contribution in [2.45, 2.75) is 58.5 Å². The standard InChI is InChI=1S/C15H25N3O/c1-10(2)15-17-13(16-4)9-14(18-15)19-12-7-5-6-11(3)8-12/h9-12H,5-8H2,1-4H3,(H,16,17,18). The Morgan fingerprint density at radius 2 is 2.11 bits per heavy atom. The molecule has 1 aromatic heterocycles. The van der Waals surface area contributed by atoms with Gasteiger partial charge in [-0.05, 0) is 25.2 Å². The van der Waals surface area contributed by atoms with E-state index >= 15 is 0 Å². The molecule has 1 aromatic rings. The Balaban J connectivity index is 2.12. The molecule has 1 aliphatic rings. The topological polar surface area (TPSA) is 47.0 Å². The lowest BCUT2D eigenvalue weighted by molar-refractivity contribution is 0.123. The molecular formula is C15H25N3O. The van der Waals surface area contributed by atoms with Gasteiger partial charge in [-0.1, -0.05) is 27.2 Å². The summed E-state index contributed by atoms with van der Waals surface area (Å²) in [4.78, 5) is 8.98. The molecule has 4 nitrogen and oxygen atoms in total. The van der Waals surface area contributed by atoms with Gasteiger partial charge in [0.15, 0.2) is 0 Å². The maximum Gasteiger partial charge on any atom is 0.219 e. The SMILES string of the molecule is CNc1cc(OC2CCCC(C)C2)nc(C(C)C)n1. The predicted octanol–water partition coefficient (Wildman–Crippen LogP) is 3.60. The van der Waals surface area contributed by atoms with E-state index in [1.807, 2.05) is 13.1 Å². The van der Waals surface area contributed by atoms with Crippen LogP contribution in [0, 0.1) is 5.92 Å². The van der Waals surface area contributed by atoms with Gasteiger partial charge in [0.2, 0.25) is 5.88 Å². The normalized spacial score (nSPS) is 23.4. The Hall–Kier alpha value is -1.32. The van der Waals surface area contributed by atoms with Crippen molar-refractivity contribution in [3.05, 3.63) is 11.9 Å². The molecule has 0 amide bonds. The van der Waals surface area contributed by atoms with Crippen molar-refractivity contribution in [3.63, 3.8) is 0 Å². The van der Waals surface area contributed by atoms with E-state index in [1.165, 1.54) is 12.8 Å². The molecule has 1 fully saturated rings. The lowest BCUT2D eigenvalue weighted by Crippen LogP contribution is -2.24. The molecule has 4 heteroatoms.